The zero-order valence-corrected chi connectivity index (χ0v) is 9.57. The molecule has 1 aromatic heterocycles. The lowest BCUT2D eigenvalue weighted by Gasteiger charge is -2.26. The number of rotatable bonds is 1. The van der Waals surface area contributed by atoms with E-state index in [1.165, 1.54) is 6.42 Å². The van der Waals surface area contributed by atoms with Crippen molar-refractivity contribution >= 4 is 15.9 Å². The maximum absolute atomic E-state index is 9.84. The van der Waals surface area contributed by atoms with Gasteiger partial charge in [-0.1, -0.05) is 12.8 Å². The van der Waals surface area contributed by atoms with E-state index in [4.69, 9.17) is 0 Å². The van der Waals surface area contributed by atoms with E-state index in [1.807, 2.05) is 12.1 Å². The smallest absolute Gasteiger partial charge is 0.0623 e. The van der Waals surface area contributed by atoms with Gasteiger partial charge in [0, 0.05) is 22.3 Å². The minimum absolute atomic E-state index is 0.197. The van der Waals surface area contributed by atoms with Gasteiger partial charge in [0.2, 0.25) is 0 Å². The standard InChI is InChI=1S/C11H14BrNO/c12-8-5-6-10(13-7-8)9-3-1-2-4-11(9)14/h5-7,9,11,14H,1-4H2. The Hall–Kier alpha value is -0.410. The van der Waals surface area contributed by atoms with Gasteiger partial charge in [-0.05, 0) is 40.9 Å². The van der Waals surface area contributed by atoms with Gasteiger partial charge >= 0.3 is 0 Å². The van der Waals surface area contributed by atoms with Crippen molar-refractivity contribution in [3.63, 3.8) is 0 Å². The van der Waals surface area contributed by atoms with Crippen LogP contribution in [0.5, 0.6) is 0 Å². The van der Waals surface area contributed by atoms with Crippen molar-refractivity contribution in [2.24, 2.45) is 0 Å². The van der Waals surface area contributed by atoms with Gasteiger partial charge in [-0.3, -0.25) is 4.98 Å². The van der Waals surface area contributed by atoms with Gasteiger partial charge in [0.05, 0.1) is 6.10 Å². The summed E-state index contributed by atoms with van der Waals surface area (Å²) in [6.45, 7) is 0. The zero-order chi connectivity index (χ0) is 9.97. The molecule has 1 fully saturated rings. The SMILES string of the molecule is OC1CCCCC1c1ccc(Br)cn1. The highest BCUT2D eigenvalue weighted by Crippen LogP contribution is 2.32. The Labute approximate surface area is 92.5 Å². The second-order valence-electron chi connectivity index (χ2n) is 3.86. The topological polar surface area (TPSA) is 33.1 Å². The van der Waals surface area contributed by atoms with Gasteiger partial charge in [-0.25, -0.2) is 0 Å². The summed E-state index contributed by atoms with van der Waals surface area (Å²) in [5.41, 5.74) is 1.03. The molecule has 1 aliphatic rings. The van der Waals surface area contributed by atoms with E-state index in [9.17, 15) is 5.11 Å². The summed E-state index contributed by atoms with van der Waals surface area (Å²) in [4.78, 5) is 4.35. The van der Waals surface area contributed by atoms with Crippen molar-refractivity contribution in [1.29, 1.82) is 0 Å². The largest absolute Gasteiger partial charge is 0.392 e. The summed E-state index contributed by atoms with van der Waals surface area (Å²) < 4.78 is 0.992. The summed E-state index contributed by atoms with van der Waals surface area (Å²) >= 11 is 3.36. The fourth-order valence-corrected chi connectivity index (χ4v) is 2.30. The lowest BCUT2D eigenvalue weighted by Crippen LogP contribution is -2.23. The molecule has 76 valence electrons. The number of halogens is 1. The number of pyridine rings is 1. The maximum Gasteiger partial charge on any atom is 0.0623 e. The molecule has 0 aromatic carbocycles. The summed E-state index contributed by atoms with van der Waals surface area (Å²) in [6.07, 6.45) is 5.94. The summed E-state index contributed by atoms with van der Waals surface area (Å²) in [5, 5.41) is 9.84. The lowest BCUT2D eigenvalue weighted by molar-refractivity contribution is 0.104. The van der Waals surface area contributed by atoms with Crippen LogP contribution >= 0.6 is 15.9 Å². The van der Waals surface area contributed by atoms with E-state index in [0.29, 0.717) is 0 Å². The third kappa shape index (κ3) is 2.15. The molecule has 2 atom stereocenters. The maximum atomic E-state index is 9.84. The van der Waals surface area contributed by atoms with Gasteiger partial charge in [0.15, 0.2) is 0 Å². The minimum Gasteiger partial charge on any atom is -0.392 e. The molecule has 1 aliphatic carbocycles. The monoisotopic (exact) mass is 255 g/mol. The van der Waals surface area contributed by atoms with E-state index in [-0.39, 0.29) is 12.0 Å². The quantitative estimate of drug-likeness (QED) is 0.838. The molecule has 14 heavy (non-hydrogen) atoms. The van der Waals surface area contributed by atoms with E-state index >= 15 is 0 Å². The molecule has 1 N–H and O–H groups in total. The molecule has 0 spiro atoms. The van der Waals surface area contributed by atoms with Crippen LogP contribution in [0.15, 0.2) is 22.8 Å². The molecule has 0 saturated heterocycles. The highest BCUT2D eigenvalue weighted by atomic mass is 79.9. The van der Waals surface area contributed by atoms with Crippen molar-refractivity contribution in [1.82, 2.24) is 4.98 Å². The molecule has 2 nitrogen and oxygen atoms in total. The summed E-state index contributed by atoms with van der Waals surface area (Å²) in [7, 11) is 0. The van der Waals surface area contributed by atoms with Crippen molar-refractivity contribution in [3.8, 4) is 0 Å². The van der Waals surface area contributed by atoms with E-state index in [0.717, 1.165) is 29.4 Å². The molecule has 3 heteroatoms. The molecule has 1 heterocycles. The first-order valence-corrected chi connectivity index (χ1v) is 5.86. The molecule has 2 rings (SSSR count). The van der Waals surface area contributed by atoms with Crippen LogP contribution in [-0.4, -0.2) is 16.2 Å². The average Bonchev–Trinajstić information content (AvgIpc) is 2.20. The number of aromatic nitrogens is 1. The Balaban J connectivity index is 2.16. The predicted octanol–water partition coefficient (Wildman–Crippen LogP) is 2.86. The summed E-state index contributed by atoms with van der Waals surface area (Å²) in [6, 6.07) is 3.99. The lowest BCUT2D eigenvalue weighted by atomic mass is 9.84. The predicted molar refractivity (Wildman–Crippen MR) is 59.2 cm³/mol. The molecule has 0 amide bonds. The molecule has 1 saturated carbocycles. The first kappa shape index (κ1) is 10.1. The molecular weight excluding hydrogens is 242 g/mol. The van der Waals surface area contributed by atoms with Crippen LogP contribution in [0.2, 0.25) is 0 Å². The van der Waals surface area contributed by atoms with Crippen LogP contribution in [0.4, 0.5) is 0 Å². The van der Waals surface area contributed by atoms with Crippen molar-refractivity contribution in [2.45, 2.75) is 37.7 Å². The average molecular weight is 256 g/mol. The first-order chi connectivity index (χ1) is 6.77. The van der Waals surface area contributed by atoms with Crippen LogP contribution in [-0.2, 0) is 0 Å². The fraction of sp³-hybridized carbons (Fsp3) is 0.545. The number of aliphatic hydroxyl groups excluding tert-OH is 1. The van der Waals surface area contributed by atoms with Crippen LogP contribution in [0.25, 0.3) is 0 Å². The fourth-order valence-electron chi connectivity index (χ4n) is 2.06. The van der Waals surface area contributed by atoms with Gasteiger partial charge in [-0.15, -0.1) is 0 Å². The minimum atomic E-state index is -0.197. The van der Waals surface area contributed by atoms with Crippen LogP contribution in [0.1, 0.15) is 37.3 Å². The molecule has 0 radical (unpaired) electrons. The third-order valence-electron chi connectivity index (χ3n) is 2.86. The van der Waals surface area contributed by atoms with Crippen molar-refractivity contribution in [3.05, 3.63) is 28.5 Å². The van der Waals surface area contributed by atoms with Gasteiger partial charge in [-0.2, -0.15) is 0 Å². The van der Waals surface area contributed by atoms with Gasteiger partial charge < -0.3 is 5.11 Å². The Kier molecular flexibility index (Phi) is 3.19. The number of aliphatic hydroxyl groups is 1. The van der Waals surface area contributed by atoms with Crippen LogP contribution in [0.3, 0.4) is 0 Å². The Morgan fingerprint density at radius 1 is 1.29 bits per heavy atom. The van der Waals surface area contributed by atoms with Crippen molar-refractivity contribution < 1.29 is 5.11 Å². The van der Waals surface area contributed by atoms with E-state index in [2.05, 4.69) is 20.9 Å². The highest BCUT2D eigenvalue weighted by Gasteiger charge is 2.25. The zero-order valence-electron chi connectivity index (χ0n) is 7.99. The molecular formula is C11H14BrNO. The van der Waals surface area contributed by atoms with E-state index in [1.54, 1.807) is 6.20 Å². The Bertz CT molecular complexity index is 299. The first-order valence-electron chi connectivity index (χ1n) is 5.07. The molecule has 0 aliphatic heterocycles. The normalized spacial score (nSPS) is 27.6. The van der Waals surface area contributed by atoms with Crippen LogP contribution < -0.4 is 0 Å². The number of nitrogens with zero attached hydrogens (tertiary/aromatic N) is 1. The van der Waals surface area contributed by atoms with Gasteiger partial charge in [0.25, 0.3) is 0 Å². The molecule has 1 aromatic rings. The van der Waals surface area contributed by atoms with Gasteiger partial charge in [0.1, 0.15) is 0 Å². The highest BCUT2D eigenvalue weighted by molar-refractivity contribution is 9.10. The van der Waals surface area contributed by atoms with Crippen LogP contribution in [0, 0.1) is 0 Å². The third-order valence-corrected chi connectivity index (χ3v) is 3.33. The number of hydrogen-bond acceptors (Lipinski definition) is 2. The van der Waals surface area contributed by atoms with Crippen molar-refractivity contribution in [2.75, 3.05) is 0 Å². The molecule has 2 unspecified atom stereocenters. The Morgan fingerprint density at radius 2 is 2.07 bits per heavy atom. The summed E-state index contributed by atoms with van der Waals surface area (Å²) in [5.74, 6) is 0.247. The second-order valence-corrected chi connectivity index (χ2v) is 4.78. The second kappa shape index (κ2) is 4.41. The number of hydrogen-bond donors (Lipinski definition) is 1. The molecule has 0 bridgehead atoms. The van der Waals surface area contributed by atoms with E-state index < -0.39 is 0 Å². The Morgan fingerprint density at radius 3 is 2.71 bits per heavy atom.